The van der Waals surface area contributed by atoms with E-state index in [0.29, 0.717) is 17.4 Å². The van der Waals surface area contributed by atoms with Gasteiger partial charge in [0.25, 0.3) is 0 Å². The maximum atomic E-state index is 10.7. The Morgan fingerprint density at radius 3 is 1.85 bits per heavy atom. The van der Waals surface area contributed by atoms with Gasteiger partial charge in [0.15, 0.2) is 0 Å². The smallest absolute Gasteiger partial charge is 0.328 e. The van der Waals surface area contributed by atoms with E-state index in [4.69, 9.17) is 9.84 Å². The van der Waals surface area contributed by atoms with Crippen LogP contribution in [0.4, 0.5) is 0 Å². The summed E-state index contributed by atoms with van der Waals surface area (Å²) in [7, 11) is 0. The second-order valence-corrected chi connectivity index (χ2v) is 14.8. The molecule has 8 fully saturated rings. The van der Waals surface area contributed by atoms with Crippen LogP contribution in [-0.2, 0) is 15.6 Å². The minimum atomic E-state index is -0.923. The molecule has 204 valence electrons. The average molecular weight is 523 g/mol. The molecular weight excluding hydrogens is 480 g/mol. The van der Waals surface area contributed by atoms with E-state index in [1.54, 1.807) is 23.3 Å². The van der Waals surface area contributed by atoms with E-state index in [0.717, 1.165) is 41.6 Å². The van der Waals surface area contributed by atoms with Gasteiger partial charge in [-0.1, -0.05) is 36.4 Å². The molecule has 0 spiro atoms. The van der Waals surface area contributed by atoms with Crippen LogP contribution in [0.2, 0.25) is 0 Å². The summed E-state index contributed by atoms with van der Waals surface area (Å²) in [6.45, 7) is 0.610. The maximum absolute atomic E-state index is 10.7. The Hall–Kier alpha value is -2.55. The van der Waals surface area contributed by atoms with Crippen molar-refractivity contribution < 1.29 is 14.6 Å². The molecule has 1 heterocycles. The number of carboxylic acids is 1. The molecule has 3 heteroatoms. The molecule has 0 saturated heterocycles. The van der Waals surface area contributed by atoms with Crippen molar-refractivity contribution in [3.8, 4) is 5.75 Å². The van der Waals surface area contributed by atoms with E-state index in [9.17, 15) is 4.79 Å². The normalized spacial score (nSPS) is 41.5. The monoisotopic (exact) mass is 522 g/mol. The molecule has 1 aromatic rings. The summed E-state index contributed by atoms with van der Waals surface area (Å²) in [5.41, 5.74) is 6.46. The molecule has 0 atom stereocenters. The molecule has 3 nitrogen and oxygen atoms in total. The maximum Gasteiger partial charge on any atom is 0.328 e. The quantitative estimate of drug-likeness (QED) is 0.303. The molecule has 0 radical (unpaired) electrons. The van der Waals surface area contributed by atoms with Crippen LogP contribution in [0.5, 0.6) is 5.75 Å². The van der Waals surface area contributed by atoms with Crippen molar-refractivity contribution in [3.05, 3.63) is 70.9 Å². The van der Waals surface area contributed by atoms with E-state index < -0.39 is 5.97 Å². The topological polar surface area (TPSA) is 46.5 Å². The summed E-state index contributed by atoms with van der Waals surface area (Å²) >= 11 is 0. The lowest BCUT2D eigenvalue weighted by atomic mass is 9.46. The van der Waals surface area contributed by atoms with Gasteiger partial charge in [-0.2, -0.15) is 0 Å². The highest BCUT2D eigenvalue weighted by Gasteiger charge is 2.55. The fourth-order valence-corrected chi connectivity index (χ4v) is 11.5. The van der Waals surface area contributed by atoms with E-state index in [-0.39, 0.29) is 0 Å². The lowest BCUT2D eigenvalue weighted by Crippen LogP contribution is -2.50. The minimum Gasteiger partial charge on any atom is -0.488 e. The van der Waals surface area contributed by atoms with Gasteiger partial charge < -0.3 is 9.84 Å². The Morgan fingerprint density at radius 2 is 1.28 bits per heavy atom. The molecule has 9 aliphatic rings. The lowest BCUT2D eigenvalue weighted by molar-refractivity contribution is -0.131. The van der Waals surface area contributed by atoms with Crippen molar-refractivity contribution >= 4 is 12.0 Å². The summed E-state index contributed by atoms with van der Waals surface area (Å²) in [4.78, 5) is 10.7. The summed E-state index contributed by atoms with van der Waals surface area (Å²) in [5.74, 6) is 5.89. The van der Waals surface area contributed by atoms with Gasteiger partial charge in [-0.05, 0) is 147 Å². The Bertz CT molecular complexity index is 1240. The number of carbonyl (C=O) groups is 1. The highest BCUT2D eigenvalue weighted by molar-refractivity contribution is 5.80. The SMILES string of the molecule is O=C(O)C=CC=CC=CC1=Cc2cc(C34CC5CC(CC(C5)C3)C4)cc(C34CC5CC(CC(C5)C3)C4)c2OC1. The third kappa shape index (κ3) is 4.18. The summed E-state index contributed by atoms with van der Waals surface area (Å²) < 4.78 is 6.70. The van der Waals surface area contributed by atoms with Crippen molar-refractivity contribution in [1.82, 2.24) is 0 Å². The first kappa shape index (κ1) is 24.3. The molecule has 0 unspecified atom stereocenters. The fraction of sp³-hybridized carbons (Fsp3) is 0.583. The second-order valence-electron chi connectivity index (χ2n) is 14.8. The Labute approximate surface area is 233 Å². The van der Waals surface area contributed by atoms with Crippen LogP contribution >= 0.6 is 0 Å². The van der Waals surface area contributed by atoms with Gasteiger partial charge in [-0.3, -0.25) is 0 Å². The first-order chi connectivity index (χ1) is 19.0. The Morgan fingerprint density at radius 1 is 0.744 bits per heavy atom. The van der Waals surface area contributed by atoms with Gasteiger partial charge in [0.2, 0.25) is 0 Å². The third-order valence-corrected chi connectivity index (χ3v) is 12.0. The molecule has 0 aromatic heterocycles. The van der Waals surface area contributed by atoms with Crippen LogP contribution in [0.1, 0.15) is 93.7 Å². The first-order valence-corrected chi connectivity index (χ1v) is 15.7. The van der Waals surface area contributed by atoms with E-state index in [1.165, 1.54) is 93.9 Å². The molecule has 10 rings (SSSR count). The van der Waals surface area contributed by atoms with Crippen LogP contribution in [0, 0.1) is 35.5 Å². The van der Waals surface area contributed by atoms with Gasteiger partial charge in [-0.15, -0.1) is 0 Å². The number of hydrogen-bond donors (Lipinski definition) is 1. The van der Waals surface area contributed by atoms with E-state index in [2.05, 4.69) is 24.3 Å². The lowest BCUT2D eigenvalue weighted by Gasteiger charge is -2.59. The van der Waals surface area contributed by atoms with Crippen molar-refractivity contribution in [2.24, 2.45) is 35.5 Å². The average Bonchev–Trinajstić information content (AvgIpc) is 2.88. The van der Waals surface area contributed by atoms with Gasteiger partial charge in [0.1, 0.15) is 12.4 Å². The molecule has 1 aliphatic heterocycles. The van der Waals surface area contributed by atoms with Crippen LogP contribution in [0.25, 0.3) is 6.08 Å². The number of fused-ring (bicyclic) bond motifs is 1. The number of aliphatic carboxylic acids is 1. The largest absolute Gasteiger partial charge is 0.488 e. The van der Waals surface area contributed by atoms with Gasteiger partial charge >= 0.3 is 5.97 Å². The molecule has 8 aliphatic carbocycles. The molecule has 1 N–H and O–H groups in total. The standard InChI is InChI=1S/C36H42O3/c37-33(38)6-4-2-1-3-5-23-13-30-14-31(35-16-24-7-25(17-35)9-26(8-24)18-35)15-32(34(30)39-22-23)36-19-27-10-28(20-36)12-29(11-27)21-36/h1-6,13-15,24-29H,7-12,16-22H2,(H,37,38). The predicted molar refractivity (Wildman–Crippen MR) is 155 cm³/mol. The summed E-state index contributed by atoms with van der Waals surface area (Å²) in [6.07, 6.45) is 30.1. The van der Waals surface area contributed by atoms with Crippen LogP contribution < -0.4 is 4.74 Å². The number of ether oxygens (including phenoxy) is 1. The predicted octanol–water partition coefficient (Wildman–Crippen LogP) is 8.15. The van der Waals surface area contributed by atoms with E-state index in [1.807, 2.05) is 12.2 Å². The number of allylic oxidation sites excluding steroid dienone is 4. The number of benzene rings is 1. The van der Waals surface area contributed by atoms with Crippen LogP contribution in [0.3, 0.4) is 0 Å². The second kappa shape index (κ2) is 8.98. The van der Waals surface area contributed by atoms with Crippen molar-refractivity contribution in [2.75, 3.05) is 6.61 Å². The minimum absolute atomic E-state index is 0.331. The first-order valence-electron chi connectivity index (χ1n) is 15.7. The fourth-order valence-electron chi connectivity index (χ4n) is 11.5. The molecule has 8 saturated carbocycles. The van der Waals surface area contributed by atoms with Crippen molar-refractivity contribution in [1.29, 1.82) is 0 Å². The molecule has 1 aromatic carbocycles. The summed E-state index contributed by atoms with van der Waals surface area (Å²) in [5, 5.41) is 8.78. The Balaban J connectivity index is 1.19. The zero-order valence-electron chi connectivity index (χ0n) is 23.1. The molecule has 0 amide bonds. The number of rotatable bonds is 6. The highest BCUT2D eigenvalue weighted by Crippen LogP contribution is 2.65. The highest BCUT2D eigenvalue weighted by atomic mass is 16.5. The summed E-state index contributed by atoms with van der Waals surface area (Å²) in [6, 6.07) is 5.26. The van der Waals surface area contributed by atoms with Gasteiger partial charge in [0, 0.05) is 17.2 Å². The Kier molecular flexibility index (Phi) is 5.59. The van der Waals surface area contributed by atoms with Crippen molar-refractivity contribution in [2.45, 2.75) is 87.9 Å². The van der Waals surface area contributed by atoms with Gasteiger partial charge in [-0.25, -0.2) is 4.79 Å². The zero-order chi connectivity index (χ0) is 26.2. The van der Waals surface area contributed by atoms with Gasteiger partial charge in [0.05, 0.1) is 0 Å². The number of carboxylic acid groups (broad SMARTS) is 1. The van der Waals surface area contributed by atoms with Crippen molar-refractivity contribution in [3.63, 3.8) is 0 Å². The van der Waals surface area contributed by atoms with Crippen LogP contribution in [-0.4, -0.2) is 17.7 Å². The third-order valence-electron chi connectivity index (χ3n) is 12.0. The van der Waals surface area contributed by atoms with Crippen LogP contribution in [0.15, 0.2) is 54.2 Å². The molecular formula is C36H42O3. The zero-order valence-corrected chi connectivity index (χ0v) is 23.1. The van der Waals surface area contributed by atoms with E-state index >= 15 is 0 Å². The molecule has 39 heavy (non-hydrogen) atoms. The number of hydrogen-bond acceptors (Lipinski definition) is 2. The molecule has 8 bridgehead atoms.